The Morgan fingerprint density at radius 3 is 2.00 bits per heavy atom. The molecule has 2 N–H and O–H groups in total. The van der Waals surface area contributed by atoms with Crippen LogP contribution in [0.1, 0.15) is 83.5 Å². The predicted molar refractivity (Wildman–Crippen MR) is 85.6 cm³/mol. The maximum Gasteiger partial charge on any atom is 0.0295 e. The molecule has 0 radical (unpaired) electrons. The molecule has 2 heteroatoms. The van der Waals surface area contributed by atoms with E-state index in [4.69, 9.17) is 5.73 Å². The molecule has 3 rings (SSSR count). The van der Waals surface area contributed by atoms with Crippen molar-refractivity contribution in [2.45, 2.75) is 93.5 Å². The van der Waals surface area contributed by atoms with Crippen LogP contribution in [0.25, 0.3) is 0 Å². The largest absolute Gasteiger partial charge is 0.329 e. The molecule has 0 aromatic rings. The van der Waals surface area contributed by atoms with Crippen molar-refractivity contribution in [3.63, 3.8) is 0 Å². The molecule has 0 atom stereocenters. The van der Waals surface area contributed by atoms with Gasteiger partial charge in [0.15, 0.2) is 0 Å². The lowest BCUT2D eigenvalue weighted by molar-refractivity contribution is 0.0654. The van der Waals surface area contributed by atoms with E-state index >= 15 is 0 Å². The molecule has 0 aromatic carbocycles. The highest BCUT2D eigenvalue weighted by Crippen LogP contribution is 2.62. The van der Waals surface area contributed by atoms with Gasteiger partial charge in [0, 0.05) is 16.5 Å². The van der Waals surface area contributed by atoms with Gasteiger partial charge >= 0.3 is 0 Å². The first-order valence-corrected chi connectivity index (χ1v) is 9.52. The van der Waals surface area contributed by atoms with Gasteiger partial charge in [0.05, 0.1) is 0 Å². The number of rotatable bonds is 3. The van der Waals surface area contributed by atoms with Crippen molar-refractivity contribution in [1.29, 1.82) is 0 Å². The number of hydrogen-bond donors (Lipinski definition) is 1. The zero-order valence-electron chi connectivity index (χ0n) is 12.5. The van der Waals surface area contributed by atoms with Crippen LogP contribution in [0.5, 0.6) is 0 Å². The van der Waals surface area contributed by atoms with Crippen molar-refractivity contribution in [1.82, 2.24) is 0 Å². The van der Waals surface area contributed by atoms with Gasteiger partial charge in [-0.2, -0.15) is 11.8 Å². The second kappa shape index (κ2) is 5.97. The summed E-state index contributed by atoms with van der Waals surface area (Å²) < 4.78 is 0.479. The Bertz CT molecular complexity index is 280. The molecule has 3 aliphatic rings. The van der Waals surface area contributed by atoms with Gasteiger partial charge in [-0.25, -0.2) is 0 Å². The Balaban J connectivity index is 1.56. The van der Waals surface area contributed by atoms with Crippen molar-refractivity contribution in [3.05, 3.63) is 0 Å². The molecule has 0 saturated heterocycles. The summed E-state index contributed by atoms with van der Waals surface area (Å²) in [5.74, 6) is 0. The number of hydrogen-bond acceptors (Lipinski definition) is 2. The van der Waals surface area contributed by atoms with E-state index in [0.29, 0.717) is 4.75 Å². The average Bonchev–Trinajstić information content (AvgIpc) is 2.65. The molecule has 0 heterocycles. The minimum absolute atomic E-state index is 0.479. The predicted octanol–water partition coefficient (Wildman–Crippen LogP) is 4.88. The third kappa shape index (κ3) is 3.15. The Morgan fingerprint density at radius 2 is 1.42 bits per heavy atom. The Kier molecular flexibility index (Phi) is 4.48. The lowest BCUT2D eigenvalue weighted by Crippen LogP contribution is -2.54. The molecule has 0 unspecified atom stereocenters. The van der Waals surface area contributed by atoms with Crippen LogP contribution in [0.15, 0.2) is 0 Å². The van der Waals surface area contributed by atoms with Crippen LogP contribution in [-0.2, 0) is 0 Å². The maximum absolute atomic E-state index is 6.19. The molecule has 0 aromatic heterocycles. The van der Waals surface area contributed by atoms with Gasteiger partial charge in [-0.3, -0.25) is 0 Å². The van der Waals surface area contributed by atoms with E-state index in [1.165, 1.54) is 83.5 Å². The van der Waals surface area contributed by atoms with Crippen LogP contribution in [-0.4, -0.2) is 16.5 Å². The topological polar surface area (TPSA) is 26.0 Å². The fourth-order valence-corrected chi connectivity index (χ4v) is 7.11. The second-order valence-electron chi connectivity index (χ2n) is 7.53. The van der Waals surface area contributed by atoms with Crippen LogP contribution < -0.4 is 5.73 Å². The molecule has 110 valence electrons. The zero-order valence-corrected chi connectivity index (χ0v) is 13.3. The first-order chi connectivity index (χ1) is 9.26. The quantitative estimate of drug-likeness (QED) is 0.797. The summed E-state index contributed by atoms with van der Waals surface area (Å²) in [5.41, 5.74) is 6.91. The average molecular weight is 282 g/mol. The van der Waals surface area contributed by atoms with E-state index in [9.17, 15) is 0 Å². The number of thioether (sulfide) groups is 1. The molecule has 0 bridgehead atoms. The van der Waals surface area contributed by atoms with E-state index in [1.807, 2.05) is 0 Å². The Hall–Kier alpha value is 0.310. The molecule has 1 nitrogen and oxygen atoms in total. The van der Waals surface area contributed by atoms with Gasteiger partial charge in [-0.1, -0.05) is 44.9 Å². The monoisotopic (exact) mass is 281 g/mol. The van der Waals surface area contributed by atoms with Crippen molar-refractivity contribution >= 4 is 11.8 Å². The van der Waals surface area contributed by atoms with Crippen LogP contribution in [0, 0.1) is 5.41 Å². The number of nitrogens with two attached hydrogens (primary N) is 1. The summed E-state index contributed by atoms with van der Waals surface area (Å²) in [5, 5.41) is 0.931. The van der Waals surface area contributed by atoms with Crippen LogP contribution in [0.3, 0.4) is 0 Å². The third-order valence-electron chi connectivity index (χ3n) is 5.90. The van der Waals surface area contributed by atoms with Gasteiger partial charge in [0.2, 0.25) is 0 Å². The lowest BCUT2D eigenvalue weighted by atomic mass is 9.58. The van der Waals surface area contributed by atoms with Crippen molar-refractivity contribution in [2.24, 2.45) is 11.1 Å². The zero-order chi connectivity index (χ0) is 13.2. The van der Waals surface area contributed by atoms with Crippen LogP contribution in [0.2, 0.25) is 0 Å². The summed E-state index contributed by atoms with van der Waals surface area (Å²) >= 11 is 2.30. The van der Waals surface area contributed by atoms with Gasteiger partial charge in [0.1, 0.15) is 0 Å². The Morgan fingerprint density at radius 1 is 0.842 bits per heavy atom. The molecule has 1 spiro atoms. The van der Waals surface area contributed by atoms with E-state index in [0.717, 1.165) is 17.2 Å². The molecule has 0 aliphatic heterocycles. The van der Waals surface area contributed by atoms with E-state index in [1.54, 1.807) is 0 Å². The van der Waals surface area contributed by atoms with Gasteiger partial charge in [-0.05, 0) is 43.9 Å². The second-order valence-corrected chi connectivity index (χ2v) is 9.30. The lowest BCUT2D eigenvalue weighted by Gasteiger charge is -2.57. The maximum atomic E-state index is 6.19. The standard InChI is InChI=1S/C17H31NS/c18-14-17(19-15-8-4-3-5-9-15)12-16(13-17)10-6-1-2-7-11-16/h15H,1-14,18H2. The molecule has 3 aliphatic carbocycles. The normalized spacial score (nSPS) is 30.8. The minimum Gasteiger partial charge on any atom is -0.329 e. The van der Waals surface area contributed by atoms with Gasteiger partial charge < -0.3 is 5.73 Å². The summed E-state index contributed by atoms with van der Waals surface area (Å²) in [6, 6.07) is 0. The summed E-state index contributed by atoms with van der Waals surface area (Å²) in [4.78, 5) is 0. The van der Waals surface area contributed by atoms with Gasteiger partial charge in [-0.15, -0.1) is 0 Å². The van der Waals surface area contributed by atoms with Crippen molar-refractivity contribution in [3.8, 4) is 0 Å². The highest BCUT2D eigenvalue weighted by Gasteiger charge is 2.54. The van der Waals surface area contributed by atoms with Crippen molar-refractivity contribution in [2.75, 3.05) is 6.54 Å². The molecule has 3 saturated carbocycles. The summed E-state index contributed by atoms with van der Waals surface area (Å²) in [6.07, 6.45) is 19.1. The molecular formula is C17H31NS. The van der Waals surface area contributed by atoms with Crippen LogP contribution >= 0.6 is 11.8 Å². The van der Waals surface area contributed by atoms with E-state index in [-0.39, 0.29) is 0 Å². The molecule has 0 amide bonds. The van der Waals surface area contributed by atoms with E-state index in [2.05, 4.69) is 11.8 Å². The van der Waals surface area contributed by atoms with Crippen molar-refractivity contribution < 1.29 is 0 Å². The highest BCUT2D eigenvalue weighted by atomic mass is 32.2. The minimum atomic E-state index is 0.479. The fraction of sp³-hybridized carbons (Fsp3) is 1.00. The SMILES string of the molecule is NCC1(SC2CCCCC2)CC2(CCCCCC2)C1. The first kappa shape index (κ1) is 14.3. The Labute approximate surface area is 123 Å². The van der Waals surface area contributed by atoms with Gasteiger partial charge in [0.25, 0.3) is 0 Å². The van der Waals surface area contributed by atoms with E-state index < -0.39 is 0 Å². The smallest absolute Gasteiger partial charge is 0.0295 e. The summed E-state index contributed by atoms with van der Waals surface area (Å²) in [6.45, 7) is 0.927. The highest BCUT2D eigenvalue weighted by molar-refractivity contribution is 8.01. The molecular weight excluding hydrogens is 250 g/mol. The third-order valence-corrected chi connectivity index (χ3v) is 7.66. The summed E-state index contributed by atoms with van der Waals surface area (Å²) in [7, 11) is 0. The molecule has 19 heavy (non-hydrogen) atoms. The first-order valence-electron chi connectivity index (χ1n) is 8.64. The molecule has 3 fully saturated rings. The van der Waals surface area contributed by atoms with Crippen LogP contribution in [0.4, 0.5) is 0 Å². The fourth-order valence-electron chi connectivity index (χ4n) is 4.96.